The Morgan fingerprint density at radius 1 is 1.21 bits per heavy atom. The molecule has 0 bridgehead atoms. The van der Waals surface area contributed by atoms with Crippen LogP contribution in [0.2, 0.25) is 5.02 Å². The molecular weight excluding hydrogens is 382 g/mol. The van der Waals surface area contributed by atoms with Crippen LogP contribution in [0, 0.1) is 0 Å². The van der Waals surface area contributed by atoms with Gasteiger partial charge in [0.15, 0.2) is 0 Å². The van der Waals surface area contributed by atoms with E-state index in [2.05, 4.69) is 15.0 Å². The number of halogens is 1. The lowest BCUT2D eigenvalue weighted by atomic mass is 10.2. The number of anilines is 1. The van der Waals surface area contributed by atoms with E-state index in [-0.39, 0.29) is 18.2 Å². The maximum absolute atomic E-state index is 12.7. The van der Waals surface area contributed by atoms with Crippen LogP contribution in [0.5, 0.6) is 11.5 Å². The summed E-state index contributed by atoms with van der Waals surface area (Å²) in [5.41, 5.74) is 2.31. The number of rotatable bonds is 4. The van der Waals surface area contributed by atoms with Crippen LogP contribution in [0.3, 0.4) is 0 Å². The summed E-state index contributed by atoms with van der Waals surface area (Å²) in [6.45, 7) is 2.79. The first kappa shape index (κ1) is 18.4. The van der Waals surface area contributed by atoms with Gasteiger partial charge in [-0.15, -0.1) is 0 Å². The van der Waals surface area contributed by atoms with Crippen LogP contribution >= 0.6 is 11.6 Å². The molecule has 1 amide bonds. The number of amides is 1. The largest absolute Gasteiger partial charge is 0.506 e. The van der Waals surface area contributed by atoms with Gasteiger partial charge in [-0.3, -0.25) is 9.48 Å². The van der Waals surface area contributed by atoms with Gasteiger partial charge in [0.1, 0.15) is 23.6 Å². The number of aromatic nitrogens is 3. The van der Waals surface area contributed by atoms with Gasteiger partial charge >= 0.3 is 0 Å². The maximum atomic E-state index is 12.7. The van der Waals surface area contributed by atoms with Gasteiger partial charge in [0.05, 0.1) is 30.0 Å². The molecule has 0 spiro atoms. The molecule has 3 aromatic rings. The molecule has 0 unspecified atom stereocenters. The number of hydrogen-bond donors (Lipinski definition) is 1. The summed E-state index contributed by atoms with van der Waals surface area (Å²) in [4.78, 5) is 20.8. The quantitative estimate of drug-likeness (QED) is 0.721. The van der Waals surface area contributed by atoms with Crippen LogP contribution in [0.4, 0.5) is 5.69 Å². The minimum absolute atomic E-state index is 0.0123. The molecule has 1 N–H and O–H groups in total. The third-order valence-corrected chi connectivity index (χ3v) is 5.21. The SMILES string of the molecule is COc1cc(N2CCN(C(=O)Cn3ncc4ncc(O)cc43)CC2)ccc1Cl. The number of ether oxygens (including phenoxy) is 1. The second kappa shape index (κ2) is 7.55. The molecule has 9 heteroatoms. The molecule has 0 atom stereocenters. The molecule has 1 aliphatic heterocycles. The Kier molecular flexibility index (Phi) is 4.95. The van der Waals surface area contributed by atoms with Crippen molar-refractivity contribution in [2.75, 3.05) is 38.2 Å². The van der Waals surface area contributed by atoms with Gasteiger partial charge in [0.2, 0.25) is 5.91 Å². The average Bonchev–Trinajstić information content (AvgIpc) is 3.10. The predicted octanol–water partition coefficient (Wildman–Crippen LogP) is 2.15. The smallest absolute Gasteiger partial charge is 0.244 e. The first-order valence-corrected chi connectivity index (χ1v) is 9.30. The van der Waals surface area contributed by atoms with Gasteiger partial charge in [0, 0.05) is 44.0 Å². The highest BCUT2D eigenvalue weighted by Crippen LogP contribution is 2.29. The van der Waals surface area contributed by atoms with Crippen molar-refractivity contribution in [3.05, 3.63) is 41.7 Å². The number of methoxy groups -OCH3 is 1. The van der Waals surface area contributed by atoms with Gasteiger partial charge in [-0.05, 0) is 12.1 Å². The molecule has 0 saturated carbocycles. The number of carbonyl (C=O) groups excluding carboxylic acids is 1. The van der Waals surface area contributed by atoms with Crippen LogP contribution in [0.15, 0.2) is 36.7 Å². The fraction of sp³-hybridized carbons (Fsp3) is 0.316. The second-order valence-corrected chi connectivity index (χ2v) is 6.99. The average molecular weight is 402 g/mol. The van der Waals surface area contributed by atoms with Crippen molar-refractivity contribution < 1.29 is 14.6 Å². The molecule has 1 fully saturated rings. The minimum atomic E-state index is -0.0123. The molecule has 1 aliphatic rings. The monoisotopic (exact) mass is 401 g/mol. The number of aromatic hydroxyl groups is 1. The highest BCUT2D eigenvalue weighted by Gasteiger charge is 2.22. The lowest BCUT2D eigenvalue weighted by Gasteiger charge is -2.36. The van der Waals surface area contributed by atoms with Crippen molar-refractivity contribution >= 4 is 34.2 Å². The van der Waals surface area contributed by atoms with Crippen molar-refractivity contribution in [3.63, 3.8) is 0 Å². The van der Waals surface area contributed by atoms with Crippen molar-refractivity contribution in [3.8, 4) is 11.5 Å². The van der Waals surface area contributed by atoms with E-state index in [0.29, 0.717) is 34.9 Å². The number of carbonyl (C=O) groups is 1. The van der Waals surface area contributed by atoms with Gasteiger partial charge < -0.3 is 19.6 Å². The summed E-state index contributed by atoms with van der Waals surface area (Å²) in [6, 6.07) is 7.25. The second-order valence-electron chi connectivity index (χ2n) is 6.59. The number of nitrogens with zero attached hydrogens (tertiary/aromatic N) is 5. The number of pyridine rings is 1. The highest BCUT2D eigenvalue weighted by molar-refractivity contribution is 6.32. The normalized spacial score (nSPS) is 14.5. The molecule has 3 heterocycles. The Balaban J connectivity index is 1.40. The number of piperazine rings is 1. The summed E-state index contributed by atoms with van der Waals surface area (Å²) < 4.78 is 6.85. The Morgan fingerprint density at radius 3 is 2.75 bits per heavy atom. The van der Waals surface area contributed by atoms with Gasteiger partial charge in [-0.1, -0.05) is 11.6 Å². The zero-order chi connectivity index (χ0) is 19.7. The van der Waals surface area contributed by atoms with Gasteiger partial charge in [0.25, 0.3) is 0 Å². The molecule has 28 heavy (non-hydrogen) atoms. The molecular formula is C19H20ClN5O3. The summed E-state index contributed by atoms with van der Waals surface area (Å²) in [6.07, 6.45) is 2.95. The molecule has 0 aliphatic carbocycles. The summed E-state index contributed by atoms with van der Waals surface area (Å²) in [5.74, 6) is 0.676. The van der Waals surface area contributed by atoms with Crippen LogP contribution in [0.25, 0.3) is 11.0 Å². The third kappa shape index (κ3) is 3.55. The van der Waals surface area contributed by atoms with E-state index < -0.39 is 0 Å². The number of benzene rings is 1. The molecule has 1 aromatic carbocycles. The van der Waals surface area contributed by atoms with Crippen molar-refractivity contribution in [1.29, 1.82) is 0 Å². The standard InChI is InChI=1S/C19H20ClN5O3/c1-28-18-8-13(2-3-15(18)20)23-4-6-24(7-5-23)19(27)12-25-17-9-14(26)10-21-16(17)11-22-25/h2-3,8-11,26H,4-7,12H2,1H3. The highest BCUT2D eigenvalue weighted by atomic mass is 35.5. The van der Waals surface area contributed by atoms with E-state index >= 15 is 0 Å². The van der Waals surface area contributed by atoms with E-state index in [1.165, 1.54) is 6.20 Å². The number of hydrogen-bond acceptors (Lipinski definition) is 6. The van der Waals surface area contributed by atoms with Crippen molar-refractivity contribution in [2.45, 2.75) is 6.54 Å². The molecule has 8 nitrogen and oxygen atoms in total. The van der Waals surface area contributed by atoms with E-state index in [1.54, 1.807) is 24.1 Å². The van der Waals surface area contributed by atoms with Crippen LogP contribution in [-0.2, 0) is 11.3 Å². The topological polar surface area (TPSA) is 83.7 Å². The Morgan fingerprint density at radius 2 is 2.00 bits per heavy atom. The first-order chi connectivity index (χ1) is 13.5. The summed E-state index contributed by atoms with van der Waals surface area (Å²) >= 11 is 6.09. The Bertz CT molecular complexity index is 1010. The summed E-state index contributed by atoms with van der Waals surface area (Å²) in [7, 11) is 1.59. The minimum Gasteiger partial charge on any atom is -0.506 e. The van der Waals surface area contributed by atoms with E-state index in [0.717, 1.165) is 18.8 Å². The molecule has 0 radical (unpaired) electrons. The van der Waals surface area contributed by atoms with Gasteiger partial charge in [-0.2, -0.15) is 5.10 Å². The van der Waals surface area contributed by atoms with E-state index in [1.807, 2.05) is 23.1 Å². The maximum Gasteiger partial charge on any atom is 0.244 e. The zero-order valence-corrected chi connectivity index (χ0v) is 16.1. The molecule has 1 saturated heterocycles. The fourth-order valence-corrected chi connectivity index (χ4v) is 3.55. The Hall–Kier alpha value is -3.00. The van der Waals surface area contributed by atoms with Crippen LogP contribution in [0.1, 0.15) is 0 Å². The van der Waals surface area contributed by atoms with E-state index in [9.17, 15) is 9.90 Å². The molecule has 146 valence electrons. The Labute approximate surface area is 166 Å². The first-order valence-electron chi connectivity index (χ1n) is 8.92. The van der Waals surface area contributed by atoms with Crippen LogP contribution < -0.4 is 9.64 Å². The number of fused-ring (bicyclic) bond motifs is 1. The van der Waals surface area contributed by atoms with Gasteiger partial charge in [-0.25, -0.2) is 4.98 Å². The van der Waals surface area contributed by atoms with Crippen LogP contribution in [-0.4, -0.2) is 64.0 Å². The lowest BCUT2D eigenvalue weighted by molar-refractivity contribution is -0.132. The molecule has 2 aromatic heterocycles. The fourth-order valence-electron chi connectivity index (χ4n) is 3.36. The van der Waals surface area contributed by atoms with E-state index in [4.69, 9.17) is 16.3 Å². The third-order valence-electron chi connectivity index (χ3n) is 4.90. The van der Waals surface area contributed by atoms with Crippen molar-refractivity contribution in [1.82, 2.24) is 19.7 Å². The lowest BCUT2D eigenvalue weighted by Crippen LogP contribution is -2.49. The molecule has 4 rings (SSSR count). The summed E-state index contributed by atoms with van der Waals surface area (Å²) in [5, 5.41) is 14.4. The predicted molar refractivity (Wildman–Crippen MR) is 106 cm³/mol. The zero-order valence-electron chi connectivity index (χ0n) is 15.4. The van der Waals surface area contributed by atoms with Crippen molar-refractivity contribution in [2.24, 2.45) is 0 Å².